The van der Waals surface area contributed by atoms with Crippen LogP contribution in [0.2, 0.25) is 0 Å². The maximum absolute atomic E-state index is 11.1. The summed E-state index contributed by atoms with van der Waals surface area (Å²) in [5.74, 6) is 0. The minimum atomic E-state index is -0.177. The number of H-pyrrole nitrogens is 1. The van der Waals surface area contributed by atoms with Crippen LogP contribution in [0.5, 0.6) is 0 Å². The fourth-order valence-corrected chi connectivity index (χ4v) is 1.40. The molecule has 0 aliphatic carbocycles. The van der Waals surface area contributed by atoms with E-state index in [1.165, 1.54) is 6.07 Å². The second kappa shape index (κ2) is 3.84. The van der Waals surface area contributed by atoms with Gasteiger partial charge in [0.15, 0.2) is 0 Å². The quantitative estimate of drug-likeness (QED) is 0.731. The van der Waals surface area contributed by atoms with Gasteiger partial charge in [0.05, 0.1) is 0 Å². The fourth-order valence-electron chi connectivity index (χ4n) is 1.40. The molecule has 1 aromatic rings. The Morgan fingerprint density at radius 2 is 2.47 bits per heavy atom. The number of nitrogens with one attached hydrogen (secondary N) is 1. The highest BCUT2D eigenvalue weighted by molar-refractivity contribution is 5.56. The van der Waals surface area contributed by atoms with Crippen molar-refractivity contribution in [2.24, 2.45) is 0 Å². The highest BCUT2D eigenvalue weighted by atomic mass is 16.1. The molecule has 1 radical (unpaired) electrons. The molecule has 0 unspecified atom stereocenters. The van der Waals surface area contributed by atoms with Crippen molar-refractivity contribution in [3.8, 4) is 6.07 Å². The minimum Gasteiger partial charge on any atom is -0.329 e. The van der Waals surface area contributed by atoms with Crippen LogP contribution in [0, 0.1) is 17.4 Å². The minimum absolute atomic E-state index is 0.177. The van der Waals surface area contributed by atoms with Crippen LogP contribution in [-0.2, 0) is 0 Å². The number of rotatable bonds is 1. The number of allylic oxidation sites excluding steroid dienone is 3. The zero-order valence-corrected chi connectivity index (χ0v) is 7.90. The summed E-state index contributed by atoms with van der Waals surface area (Å²) >= 11 is 0. The Morgan fingerprint density at radius 1 is 1.60 bits per heavy atom. The van der Waals surface area contributed by atoms with Crippen LogP contribution in [0.15, 0.2) is 41.0 Å². The molecule has 4 heteroatoms. The first-order valence-electron chi connectivity index (χ1n) is 4.45. The average molecular weight is 198 g/mol. The molecule has 73 valence electrons. The van der Waals surface area contributed by atoms with Gasteiger partial charge in [0.2, 0.25) is 5.56 Å². The van der Waals surface area contributed by atoms with Crippen molar-refractivity contribution in [2.45, 2.75) is 0 Å². The molecule has 0 saturated heterocycles. The van der Waals surface area contributed by atoms with Crippen LogP contribution in [0.1, 0.15) is 0 Å². The molecule has 15 heavy (non-hydrogen) atoms. The molecule has 2 heterocycles. The van der Waals surface area contributed by atoms with Gasteiger partial charge in [0.25, 0.3) is 0 Å². The normalized spacial score (nSPS) is 14.6. The molecule has 0 fully saturated rings. The van der Waals surface area contributed by atoms with Crippen molar-refractivity contribution in [1.82, 2.24) is 4.98 Å². The van der Waals surface area contributed by atoms with Crippen LogP contribution in [0.3, 0.4) is 0 Å². The zero-order chi connectivity index (χ0) is 10.7. The molecule has 0 aromatic carbocycles. The Kier molecular flexibility index (Phi) is 2.38. The molecule has 4 nitrogen and oxygen atoms in total. The zero-order valence-electron chi connectivity index (χ0n) is 7.90. The highest BCUT2D eigenvalue weighted by Gasteiger charge is 2.12. The number of pyridine rings is 1. The van der Waals surface area contributed by atoms with E-state index >= 15 is 0 Å². The maximum Gasteiger partial charge on any atom is 0.249 e. The lowest BCUT2D eigenvalue weighted by molar-refractivity contribution is 1.01. The smallest absolute Gasteiger partial charge is 0.249 e. The number of aromatic nitrogens is 1. The van der Waals surface area contributed by atoms with Gasteiger partial charge in [-0.15, -0.1) is 0 Å². The standard InChI is InChI=1S/C11H8N3O/c12-8-10-3-1-2-6-14(10)9-4-5-13-11(15)7-9/h2-5,7H,6H2,(H,13,15). The Bertz CT molecular complexity index is 519. The average Bonchev–Trinajstić information content (AvgIpc) is 2.29. The molecular weight excluding hydrogens is 190 g/mol. The van der Waals surface area contributed by atoms with Crippen LogP contribution in [-0.4, -0.2) is 11.5 Å². The summed E-state index contributed by atoms with van der Waals surface area (Å²) in [5, 5.41) is 8.89. The third kappa shape index (κ3) is 1.81. The molecule has 0 bridgehead atoms. The topological polar surface area (TPSA) is 59.9 Å². The van der Waals surface area contributed by atoms with Crippen molar-refractivity contribution in [1.29, 1.82) is 5.26 Å². The predicted octanol–water partition coefficient (Wildman–Crippen LogP) is 0.962. The number of nitriles is 1. The Morgan fingerprint density at radius 3 is 3.20 bits per heavy atom. The summed E-state index contributed by atoms with van der Waals surface area (Å²) in [7, 11) is 0. The van der Waals surface area contributed by atoms with Gasteiger partial charge in [0.1, 0.15) is 11.8 Å². The van der Waals surface area contributed by atoms with Crippen molar-refractivity contribution in [2.75, 3.05) is 11.4 Å². The van der Waals surface area contributed by atoms with Crippen LogP contribution < -0.4 is 10.5 Å². The van der Waals surface area contributed by atoms with Crippen LogP contribution >= 0.6 is 0 Å². The molecule has 0 saturated carbocycles. The molecule has 1 aromatic heterocycles. The second-order valence-electron chi connectivity index (χ2n) is 3.03. The summed E-state index contributed by atoms with van der Waals surface area (Å²) in [6, 6.07) is 5.28. The molecule has 2 rings (SSSR count). The van der Waals surface area contributed by atoms with E-state index in [-0.39, 0.29) is 5.56 Å². The Hall–Kier alpha value is -2.28. The van der Waals surface area contributed by atoms with Gasteiger partial charge in [-0.05, 0) is 18.2 Å². The van der Waals surface area contributed by atoms with Gasteiger partial charge in [-0.2, -0.15) is 5.26 Å². The summed E-state index contributed by atoms with van der Waals surface area (Å²) in [6.45, 7) is 0.558. The number of aromatic amines is 1. The molecule has 1 aliphatic heterocycles. The van der Waals surface area contributed by atoms with Crippen molar-refractivity contribution < 1.29 is 0 Å². The first-order chi connectivity index (χ1) is 7.31. The van der Waals surface area contributed by atoms with Crippen LogP contribution in [0.25, 0.3) is 0 Å². The lowest BCUT2D eigenvalue weighted by Gasteiger charge is -2.23. The van der Waals surface area contributed by atoms with Gasteiger partial charge in [-0.25, -0.2) is 0 Å². The summed E-state index contributed by atoms with van der Waals surface area (Å²) in [6.07, 6.45) is 7.84. The van der Waals surface area contributed by atoms with Gasteiger partial charge < -0.3 is 9.88 Å². The fraction of sp³-hybridized carbons (Fsp3) is 0.0909. The van der Waals surface area contributed by atoms with E-state index in [9.17, 15) is 4.79 Å². The van der Waals surface area contributed by atoms with Gasteiger partial charge in [-0.3, -0.25) is 4.79 Å². The molecule has 0 atom stereocenters. The molecular formula is C11H8N3O. The molecule has 1 N–H and O–H groups in total. The first-order valence-corrected chi connectivity index (χ1v) is 4.45. The maximum atomic E-state index is 11.1. The van der Waals surface area contributed by atoms with E-state index < -0.39 is 0 Å². The number of hydrogen-bond donors (Lipinski definition) is 1. The second-order valence-corrected chi connectivity index (χ2v) is 3.03. The molecule has 0 spiro atoms. The van der Waals surface area contributed by atoms with Gasteiger partial charge in [0, 0.05) is 24.5 Å². The highest BCUT2D eigenvalue weighted by Crippen LogP contribution is 2.18. The van der Waals surface area contributed by atoms with Crippen molar-refractivity contribution >= 4 is 5.69 Å². The molecule has 0 amide bonds. The SMILES string of the molecule is N#CC1=C[C]=CCN1c1cc[nH]c(=O)c1. The van der Waals surface area contributed by atoms with E-state index in [4.69, 9.17) is 5.26 Å². The lowest BCUT2D eigenvalue weighted by atomic mass is 10.2. The van der Waals surface area contributed by atoms with Gasteiger partial charge in [-0.1, -0.05) is 6.08 Å². The summed E-state index contributed by atoms with van der Waals surface area (Å²) in [4.78, 5) is 15.4. The van der Waals surface area contributed by atoms with E-state index in [0.29, 0.717) is 17.9 Å². The Balaban J connectivity index is 2.41. The monoisotopic (exact) mass is 198 g/mol. The molecule has 1 aliphatic rings. The van der Waals surface area contributed by atoms with E-state index in [2.05, 4.69) is 17.1 Å². The largest absolute Gasteiger partial charge is 0.329 e. The number of anilines is 1. The van der Waals surface area contributed by atoms with E-state index in [1.807, 2.05) is 6.08 Å². The van der Waals surface area contributed by atoms with E-state index in [0.717, 1.165) is 0 Å². The predicted molar refractivity (Wildman–Crippen MR) is 55.9 cm³/mol. The van der Waals surface area contributed by atoms with E-state index in [1.54, 1.807) is 23.2 Å². The van der Waals surface area contributed by atoms with Crippen molar-refractivity contribution in [3.05, 3.63) is 52.6 Å². The number of nitrogens with zero attached hydrogens (tertiary/aromatic N) is 2. The third-order valence-corrected chi connectivity index (χ3v) is 2.09. The summed E-state index contributed by atoms with van der Waals surface area (Å²) < 4.78 is 0. The third-order valence-electron chi connectivity index (χ3n) is 2.09. The summed E-state index contributed by atoms with van der Waals surface area (Å²) in [5.41, 5.74) is 1.02. The van der Waals surface area contributed by atoms with Crippen LogP contribution in [0.4, 0.5) is 5.69 Å². The Labute approximate surface area is 86.8 Å². The van der Waals surface area contributed by atoms with Crippen molar-refractivity contribution in [3.63, 3.8) is 0 Å². The first kappa shape index (κ1) is 9.28. The van der Waals surface area contributed by atoms with Gasteiger partial charge >= 0.3 is 0 Å². The number of hydrogen-bond acceptors (Lipinski definition) is 3. The lowest BCUT2D eigenvalue weighted by Crippen LogP contribution is -2.24.